The van der Waals surface area contributed by atoms with Crippen LogP contribution >= 0.6 is 0 Å². The first kappa shape index (κ1) is 10.4. The third-order valence-electron chi connectivity index (χ3n) is 6.05. The number of hydrogen-bond acceptors (Lipinski definition) is 1. The number of carboxylic acids is 1. The van der Waals surface area contributed by atoms with Crippen LogP contribution in [-0.4, -0.2) is 11.1 Å². The van der Waals surface area contributed by atoms with Crippen LogP contribution in [0.3, 0.4) is 0 Å². The van der Waals surface area contributed by atoms with Crippen molar-refractivity contribution in [1.29, 1.82) is 0 Å². The van der Waals surface area contributed by atoms with Gasteiger partial charge < -0.3 is 5.11 Å². The molecule has 0 radical (unpaired) electrons. The van der Waals surface area contributed by atoms with Gasteiger partial charge in [0, 0.05) is 0 Å². The molecule has 3 atom stereocenters. The molecule has 2 saturated carbocycles. The van der Waals surface area contributed by atoms with Crippen molar-refractivity contribution in [3.8, 4) is 0 Å². The molecule has 0 aromatic rings. The topological polar surface area (TPSA) is 37.3 Å². The molecule has 2 nitrogen and oxygen atoms in total. The van der Waals surface area contributed by atoms with Crippen molar-refractivity contribution in [2.45, 2.75) is 39.5 Å². The molecule has 2 bridgehead atoms. The van der Waals surface area contributed by atoms with E-state index in [4.69, 9.17) is 0 Å². The number of rotatable bonds is 1. The van der Waals surface area contributed by atoms with Crippen LogP contribution in [0.5, 0.6) is 0 Å². The standard InChI is InChI=1S/C14H20O2/c1-9-10(2)14-7-5-13(6-8-14,12(15)16)4-3-11(9)14/h3-4,9-11H,5-8H2,1-2H3,(H,15,16)/t9-,10+,11+,13?,14?/m1/s1. The highest BCUT2D eigenvalue weighted by molar-refractivity contribution is 5.77. The van der Waals surface area contributed by atoms with E-state index in [1.165, 1.54) is 0 Å². The second kappa shape index (κ2) is 2.91. The fraction of sp³-hybridized carbons (Fsp3) is 0.786. The summed E-state index contributed by atoms with van der Waals surface area (Å²) in [7, 11) is 0. The van der Waals surface area contributed by atoms with Gasteiger partial charge in [-0.3, -0.25) is 4.79 Å². The lowest BCUT2D eigenvalue weighted by Gasteiger charge is -2.61. The summed E-state index contributed by atoms with van der Waals surface area (Å²) in [5.74, 6) is 1.54. The number of fused-ring (bicyclic) bond motifs is 2. The molecule has 88 valence electrons. The summed E-state index contributed by atoms with van der Waals surface area (Å²) in [5.41, 5.74) is -0.0760. The molecule has 1 spiro atoms. The average Bonchev–Trinajstić information content (AvgIpc) is 2.53. The molecular weight excluding hydrogens is 200 g/mol. The molecule has 4 aliphatic rings. The maximum atomic E-state index is 11.4. The van der Waals surface area contributed by atoms with Crippen molar-refractivity contribution < 1.29 is 9.90 Å². The van der Waals surface area contributed by atoms with Crippen molar-refractivity contribution in [1.82, 2.24) is 0 Å². The van der Waals surface area contributed by atoms with E-state index < -0.39 is 11.4 Å². The fourth-order valence-electron chi connectivity index (χ4n) is 4.60. The minimum atomic E-state index is -0.611. The smallest absolute Gasteiger partial charge is 0.313 e. The third-order valence-corrected chi connectivity index (χ3v) is 6.05. The molecule has 2 heteroatoms. The SMILES string of the molecule is C[C@@H]1[C@H](C)C23CCC(C(=O)O)(C=C[C@@H]12)CC3. The van der Waals surface area contributed by atoms with Crippen molar-refractivity contribution in [3.05, 3.63) is 12.2 Å². The normalized spacial score (nSPS) is 54.0. The van der Waals surface area contributed by atoms with Gasteiger partial charge in [0.05, 0.1) is 5.41 Å². The highest BCUT2D eigenvalue weighted by atomic mass is 16.4. The van der Waals surface area contributed by atoms with Crippen LogP contribution in [0.2, 0.25) is 0 Å². The number of carbonyl (C=O) groups is 1. The van der Waals surface area contributed by atoms with Crippen LogP contribution < -0.4 is 0 Å². The Bertz CT molecular complexity index is 361. The number of hydrogen-bond donors (Lipinski definition) is 1. The summed E-state index contributed by atoms with van der Waals surface area (Å²) in [6.07, 6.45) is 8.19. The molecule has 0 aliphatic heterocycles. The van der Waals surface area contributed by atoms with Crippen LogP contribution in [0.4, 0.5) is 0 Å². The first-order chi connectivity index (χ1) is 7.52. The summed E-state index contributed by atoms with van der Waals surface area (Å²) >= 11 is 0. The Balaban J connectivity index is 2.00. The van der Waals surface area contributed by atoms with Crippen molar-refractivity contribution in [3.63, 3.8) is 0 Å². The molecule has 16 heavy (non-hydrogen) atoms. The van der Waals surface area contributed by atoms with Gasteiger partial charge >= 0.3 is 5.97 Å². The predicted molar refractivity (Wildman–Crippen MR) is 61.9 cm³/mol. The second-order valence-corrected chi connectivity index (χ2v) is 6.23. The third kappa shape index (κ3) is 0.964. The Kier molecular flexibility index (Phi) is 1.88. The number of carboxylic acid groups (broad SMARTS) is 1. The fourth-order valence-corrected chi connectivity index (χ4v) is 4.60. The maximum Gasteiger partial charge on any atom is 0.313 e. The summed E-state index contributed by atoms with van der Waals surface area (Å²) < 4.78 is 0. The van der Waals surface area contributed by atoms with Gasteiger partial charge in [-0.1, -0.05) is 26.0 Å². The summed E-state index contributed by atoms with van der Waals surface area (Å²) in [6, 6.07) is 0. The van der Waals surface area contributed by atoms with Crippen LogP contribution in [-0.2, 0) is 4.79 Å². The quantitative estimate of drug-likeness (QED) is 0.689. The zero-order valence-corrected chi connectivity index (χ0v) is 10.1. The lowest BCUT2D eigenvalue weighted by Crippen LogP contribution is -2.55. The van der Waals surface area contributed by atoms with Gasteiger partial charge in [-0.05, 0) is 48.9 Å². The van der Waals surface area contributed by atoms with Gasteiger partial charge in [-0.15, -0.1) is 0 Å². The largest absolute Gasteiger partial charge is 0.481 e. The Morgan fingerprint density at radius 3 is 2.44 bits per heavy atom. The molecule has 4 aliphatic carbocycles. The summed E-state index contributed by atoms with van der Waals surface area (Å²) in [5, 5.41) is 9.41. The maximum absolute atomic E-state index is 11.4. The monoisotopic (exact) mass is 220 g/mol. The van der Waals surface area contributed by atoms with Crippen molar-refractivity contribution >= 4 is 5.97 Å². The van der Waals surface area contributed by atoms with E-state index in [9.17, 15) is 9.90 Å². The van der Waals surface area contributed by atoms with Crippen molar-refractivity contribution in [2.75, 3.05) is 0 Å². The van der Waals surface area contributed by atoms with Gasteiger partial charge in [0.25, 0.3) is 0 Å². The van der Waals surface area contributed by atoms with Gasteiger partial charge in [0.15, 0.2) is 0 Å². The lowest BCUT2D eigenvalue weighted by molar-refractivity contribution is -0.155. The highest BCUT2D eigenvalue weighted by Gasteiger charge is 2.61. The minimum Gasteiger partial charge on any atom is -0.481 e. The molecule has 0 heterocycles. The molecule has 0 unspecified atom stereocenters. The molecule has 0 aromatic carbocycles. The first-order valence-corrected chi connectivity index (χ1v) is 6.45. The van der Waals surface area contributed by atoms with E-state index in [-0.39, 0.29) is 0 Å². The van der Waals surface area contributed by atoms with Gasteiger partial charge in [-0.25, -0.2) is 0 Å². The summed E-state index contributed by atoms with van der Waals surface area (Å²) in [6.45, 7) is 4.67. The van der Waals surface area contributed by atoms with E-state index in [0.29, 0.717) is 11.3 Å². The number of aliphatic carboxylic acids is 1. The van der Waals surface area contributed by atoms with E-state index in [1.54, 1.807) is 0 Å². The predicted octanol–water partition coefficient (Wildman–Crippen LogP) is 3.09. The molecule has 4 rings (SSSR count). The van der Waals surface area contributed by atoms with Gasteiger partial charge in [0.2, 0.25) is 0 Å². The Labute approximate surface area is 96.7 Å². The molecule has 0 saturated heterocycles. The molecule has 0 aromatic heterocycles. The van der Waals surface area contributed by atoms with E-state index >= 15 is 0 Å². The van der Waals surface area contributed by atoms with Crippen LogP contribution in [0.25, 0.3) is 0 Å². The van der Waals surface area contributed by atoms with Gasteiger partial charge in [0.1, 0.15) is 0 Å². The summed E-state index contributed by atoms with van der Waals surface area (Å²) in [4.78, 5) is 11.4. The number of allylic oxidation sites excluding steroid dienone is 1. The highest BCUT2D eigenvalue weighted by Crippen LogP contribution is 2.67. The molecule has 2 fully saturated rings. The zero-order valence-electron chi connectivity index (χ0n) is 10.1. The zero-order chi connectivity index (χ0) is 11.6. The van der Waals surface area contributed by atoms with Crippen LogP contribution in [0, 0.1) is 28.6 Å². The Morgan fingerprint density at radius 2 is 1.88 bits per heavy atom. The average molecular weight is 220 g/mol. The van der Waals surface area contributed by atoms with E-state index in [0.717, 1.165) is 37.5 Å². The van der Waals surface area contributed by atoms with Crippen LogP contribution in [0.1, 0.15) is 39.5 Å². The lowest BCUT2D eigenvalue weighted by atomic mass is 9.43. The second-order valence-electron chi connectivity index (χ2n) is 6.23. The molecular formula is C14H20O2. The Morgan fingerprint density at radius 1 is 1.25 bits per heavy atom. The minimum absolute atomic E-state index is 0.450. The van der Waals surface area contributed by atoms with Crippen LogP contribution in [0.15, 0.2) is 12.2 Å². The first-order valence-electron chi connectivity index (χ1n) is 6.45. The Hall–Kier alpha value is -0.790. The molecule has 1 N–H and O–H groups in total. The van der Waals surface area contributed by atoms with E-state index in [1.807, 2.05) is 6.08 Å². The molecule has 0 amide bonds. The van der Waals surface area contributed by atoms with E-state index in [2.05, 4.69) is 19.9 Å². The van der Waals surface area contributed by atoms with Crippen molar-refractivity contribution in [2.24, 2.45) is 28.6 Å². The van der Waals surface area contributed by atoms with Gasteiger partial charge in [-0.2, -0.15) is 0 Å².